The summed E-state index contributed by atoms with van der Waals surface area (Å²) < 4.78 is 54.7. The Bertz CT molecular complexity index is 1530. The molecular weight excluding hydrogens is 532 g/mol. The molecule has 1 amide bonds. The van der Waals surface area contributed by atoms with E-state index in [9.17, 15) is 22.5 Å². The van der Waals surface area contributed by atoms with Crippen LogP contribution in [-0.4, -0.2) is 41.3 Å². The summed E-state index contributed by atoms with van der Waals surface area (Å²) in [6.07, 6.45) is -2.48. The summed E-state index contributed by atoms with van der Waals surface area (Å²) in [5.41, 5.74) is 3.35. The Labute approximate surface area is 222 Å². The SMILES string of the molecule is CONC(=O)c1ccc(Nc2ncc(C(F)(F)F)c(Nc3ccc(-c4ccccn4)cc3P(C)(C)=O)n2)cc1. The van der Waals surface area contributed by atoms with Gasteiger partial charge in [-0.2, -0.15) is 18.2 Å². The van der Waals surface area contributed by atoms with E-state index in [1.54, 1.807) is 42.6 Å². The first-order valence-corrected chi connectivity index (χ1v) is 14.1. The Morgan fingerprint density at radius 2 is 1.72 bits per heavy atom. The van der Waals surface area contributed by atoms with Crippen LogP contribution in [-0.2, 0) is 15.6 Å². The van der Waals surface area contributed by atoms with Crippen LogP contribution in [0.15, 0.2) is 73.1 Å². The quantitative estimate of drug-likeness (QED) is 0.190. The van der Waals surface area contributed by atoms with Crippen molar-refractivity contribution in [3.05, 3.63) is 84.2 Å². The predicted octanol–water partition coefficient (Wildman–Crippen LogP) is 5.58. The van der Waals surface area contributed by atoms with Crippen molar-refractivity contribution in [2.24, 2.45) is 0 Å². The number of pyridine rings is 1. The molecule has 0 saturated carbocycles. The number of carbonyl (C=O) groups excluding carboxylic acids is 1. The number of nitrogens with zero attached hydrogens (tertiary/aromatic N) is 3. The maximum atomic E-state index is 13.9. The summed E-state index contributed by atoms with van der Waals surface area (Å²) in [5.74, 6) is -1.10. The monoisotopic (exact) mass is 556 g/mol. The zero-order valence-corrected chi connectivity index (χ0v) is 22.0. The maximum Gasteiger partial charge on any atom is 0.421 e. The number of hydrogen-bond acceptors (Lipinski definition) is 8. The molecule has 3 N–H and O–H groups in total. The molecule has 39 heavy (non-hydrogen) atoms. The molecule has 2 aromatic carbocycles. The predicted molar refractivity (Wildman–Crippen MR) is 143 cm³/mol. The Kier molecular flexibility index (Phi) is 7.98. The van der Waals surface area contributed by atoms with E-state index in [2.05, 4.69) is 35.9 Å². The summed E-state index contributed by atoms with van der Waals surface area (Å²) in [6.45, 7) is 3.06. The van der Waals surface area contributed by atoms with Gasteiger partial charge in [-0.1, -0.05) is 12.1 Å². The van der Waals surface area contributed by atoms with Crippen molar-refractivity contribution in [1.82, 2.24) is 20.4 Å². The molecule has 2 aromatic heterocycles. The second-order valence-corrected chi connectivity index (χ2v) is 11.9. The fourth-order valence-corrected chi connectivity index (χ4v) is 4.79. The van der Waals surface area contributed by atoms with Gasteiger partial charge in [0.25, 0.3) is 5.91 Å². The van der Waals surface area contributed by atoms with Crippen LogP contribution >= 0.6 is 7.14 Å². The molecule has 0 aliphatic carbocycles. The molecule has 0 fully saturated rings. The number of rotatable bonds is 8. The van der Waals surface area contributed by atoms with Crippen molar-refractivity contribution in [3.8, 4) is 11.3 Å². The van der Waals surface area contributed by atoms with Crippen LogP contribution in [0, 0.1) is 0 Å². The van der Waals surface area contributed by atoms with Gasteiger partial charge < -0.3 is 15.2 Å². The van der Waals surface area contributed by atoms with Gasteiger partial charge in [0.2, 0.25) is 5.95 Å². The standard InChI is InChI=1S/C26H24F3N6O3P/c1-38-35-24(36)16-7-10-18(11-8-16)32-25-31-15-19(26(27,28)29)23(34-25)33-21-12-9-17(14-22(21)39(2,3)37)20-6-4-5-13-30-20/h4-15H,1-3H3,(H,35,36)(H2,31,32,33,34). The molecule has 0 spiro atoms. The van der Waals surface area contributed by atoms with Crippen LogP contribution < -0.4 is 21.4 Å². The van der Waals surface area contributed by atoms with E-state index in [0.29, 0.717) is 34.0 Å². The van der Waals surface area contributed by atoms with E-state index in [-0.39, 0.29) is 11.6 Å². The van der Waals surface area contributed by atoms with Crippen LogP contribution in [0.3, 0.4) is 0 Å². The topological polar surface area (TPSA) is 118 Å². The first-order valence-electron chi connectivity index (χ1n) is 11.5. The zero-order chi connectivity index (χ0) is 28.2. The van der Waals surface area contributed by atoms with Crippen LogP contribution in [0.25, 0.3) is 11.3 Å². The Morgan fingerprint density at radius 3 is 2.33 bits per heavy atom. The van der Waals surface area contributed by atoms with Gasteiger partial charge in [0.15, 0.2) is 0 Å². The van der Waals surface area contributed by atoms with Gasteiger partial charge in [-0.3, -0.25) is 14.6 Å². The third kappa shape index (κ3) is 6.78. The van der Waals surface area contributed by atoms with E-state index in [1.807, 2.05) is 0 Å². The van der Waals surface area contributed by atoms with Gasteiger partial charge in [-0.05, 0) is 61.9 Å². The molecule has 0 radical (unpaired) electrons. The smallest absolute Gasteiger partial charge is 0.339 e. The molecule has 0 atom stereocenters. The number of alkyl halides is 3. The fraction of sp³-hybridized carbons (Fsp3) is 0.154. The molecule has 0 unspecified atom stereocenters. The van der Waals surface area contributed by atoms with Crippen LogP contribution in [0.2, 0.25) is 0 Å². The maximum absolute atomic E-state index is 13.9. The summed E-state index contributed by atoms with van der Waals surface area (Å²) >= 11 is 0. The molecule has 0 aliphatic rings. The van der Waals surface area contributed by atoms with Crippen molar-refractivity contribution in [2.45, 2.75) is 6.18 Å². The highest BCUT2D eigenvalue weighted by Crippen LogP contribution is 2.41. The molecule has 13 heteroatoms. The number of hydroxylamine groups is 1. The van der Waals surface area contributed by atoms with Crippen molar-refractivity contribution in [3.63, 3.8) is 0 Å². The summed E-state index contributed by atoms with van der Waals surface area (Å²) in [7, 11) is -1.65. The molecule has 4 rings (SSSR count). The van der Waals surface area contributed by atoms with E-state index in [4.69, 9.17) is 0 Å². The lowest BCUT2D eigenvalue weighted by Crippen LogP contribution is -2.21. The van der Waals surface area contributed by atoms with Gasteiger partial charge in [-0.15, -0.1) is 0 Å². The number of amides is 1. The summed E-state index contributed by atoms with van der Waals surface area (Å²) in [4.78, 5) is 28.6. The third-order valence-corrected chi connectivity index (χ3v) is 7.01. The molecule has 9 nitrogen and oxygen atoms in total. The Balaban J connectivity index is 1.69. The highest BCUT2D eigenvalue weighted by Gasteiger charge is 2.36. The van der Waals surface area contributed by atoms with E-state index >= 15 is 0 Å². The molecule has 202 valence electrons. The van der Waals surface area contributed by atoms with Crippen molar-refractivity contribution in [1.29, 1.82) is 0 Å². The first kappa shape index (κ1) is 27.7. The molecule has 4 aromatic rings. The average Bonchev–Trinajstić information content (AvgIpc) is 2.89. The summed E-state index contributed by atoms with van der Waals surface area (Å²) in [6, 6.07) is 16.3. The second kappa shape index (κ2) is 11.2. The van der Waals surface area contributed by atoms with Gasteiger partial charge in [0.05, 0.1) is 18.5 Å². The number of halogens is 3. The number of anilines is 4. The average molecular weight is 556 g/mol. The molecule has 0 aliphatic heterocycles. The minimum absolute atomic E-state index is 0.123. The fourth-order valence-electron chi connectivity index (χ4n) is 3.63. The first-order chi connectivity index (χ1) is 18.5. The van der Waals surface area contributed by atoms with Gasteiger partial charge in [0.1, 0.15) is 18.5 Å². The minimum atomic E-state index is -4.76. The normalized spacial score (nSPS) is 11.6. The van der Waals surface area contributed by atoms with Crippen molar-refractivity contribution < 1.29 is 27.4 Å². The van der Waals surface area contributed by atoms with Gasteiger partial charge in [-0.25, -0.2) is 10.5 Å². The zero-order valence-electron chi connectivity index (χ0n) is 21.1. The lowest BCUT2D eigenvalue weighted by atomic mass is 10.1. The number of nitrogens with one attached hydrogen (secondary N) is 3. The van der Waals surface area contributed by atoms with Crippen LogP contribution in [0.5, 0.6) is 0 Å². The summed E-state index contributed by atoms with van der Waals surface area (Å²) in [5, 5.41) is 5.90. The van der Waals surface area contributed by atoms with Crippen molar-refractivity contribution in [2.75, 3.05) is 31.1 Å². The van der Waals surface area contributed by atoms with Gasteiger partial charge >= 0.3 is 6.18 Å². The number of aromatic nitrogens is 3. The van der Waals surface area contributed by atoms with E-state index in [0.717, 1.165) is 0 Å². The Morgan fingerprint density at radius 1 is 0.974 bits per heavy atom. The molecule has 0 bridgehead atoms. The van der Waals surface area contributed by atoms with Crippen LogP contribution in [0.1, 0.15) is 15.9 Å². The van der Waals surface area contributed by atoms with E-state index in [1.165, 1.54) is 44.7 Å². The molecular formula is C26H24F3N6O3P. The van der Waals surface area contributed by atoms with Crippen molar-refractivity contribution >= 4 is 41.5 Å². The molecule has 2 heterocycles. The number of benzene rings is 2. The van der Waals surface area contributed by atoms with Crippen LogP contribution in [0.4, 0.5) is 36.3 Å². The molecule has 0 saturated heterocycles. The highest BCUT2D eigenvalue weighted by molar-refractivity contribution is 7.70. The highest BCUT2D eigenvalue weighted by atomic mass is 31.2. The third-order valence-electron chi connectivity index (χ3n) is 5.48. The Hall–Kier alpha value is -4.28. The lowest BCUT2D eigenvalue weighted by molar-refractivity contribution is -0.137. The number of hydrogen-bond donors (Lipinski definition) is 3. The largest absolute Gasteiger partial charge is 0.421 e. The number of carbonyl (C=O) groups is 1. The van der Waals surface area contributed by atoms with E-state index < -0.39 is 30.6 Å². The van der Waals surface area contributed by atoms with Gasteiger partial charge in [0, 0.05) is 34.5 Å². The minimum Gasteiger partial charge on any atom is -0.339 e. The second-order valence-electron chi connectivity index (χ2n) is 8.71. The lowest BCUT2D eigenvalue weighted by Gasteiger charge is -2.19.